The third-order valence-electron chi connectivity index (χ3n) is 3.04. The molecule has 92 valence electrons. The number of para-hydroxylation sites is 1. The molecule has 0 fully saturated rings. The third kappa shape index (κ3) is 1.59. The molecule has 1 N–H and O–H groups in total. The molecule has 0 aliphatic carbocycles. The molecule has 5 heteroatoms. The molecule has 3 rings (SSSR count). The topological polar surface area (TPSA) is 33.9 Å². The Labute approximate surface area is 108 Å². The number of furan rings is 1. The molecule has 2 heterocycles. The van der Waals surface area contributed by atoms with Crippen molar-refractivity contribution in [1.82, 2.24) is 9.55 Å². The number of imidazole rings is 1. The molecule has 0 aliphatic rings. The van der Waals surface area contributed by atoms with Gasteiger partial charge in [0.25, 0.3) is 0 Å². The average Bonchev–Trinajstić information content (AvgIpc) is 2.96. The van der Waals surface area contributed by atoms with E-state index in [0.717, 1.165) is 11.3 Å². The lowest BCUT2D eigenvalue weighted by Gasteiger charge is -2.11. The third-order valence-corrected chi connectivity index (χ3v) is 3.34. The zero-order valence-electron chi connectivity index (χ0n) is 9.68. The van der Waals surface area contributed by atoms with Crippen LogP contribution in [0.3, 0.4) is 0 Å². The molecule has 1 unspecified atom stereocenters. The summed E-state index contributed by atoms with van der Waals surface area (Å²) in [6.07, 6.45) is 1.62. The summed E-state index contributed by atoms with van der Waals surface area (Å²) in [5.41, 5.74) is 1.17. The Balaban J connectivity index is 2.26. The largest absolute Gasteiger partial charge is 0.467 e. The standard InChI is InChI=1S/C13H11FN2OS/c1-8(11-6-3-7-17-11)16-10-5-2-4-9(14)12(10)15-13(16)18/h2-8H,1H3,(H,15,18). The van der Waals surface area contributed by atoms with Crippen molar-refractivity contribution >= 4 is 23.3 Å². The predicted molar refractivity (Wildman–Crippen MR) is 69.6 cm³/mol. The number of benzene rings is 1. The zero-order chi connectivity index (χ0) is 12.7. The maximum Gasteiger partial charge on any atom is 0.178 e. The fourth-order valence-electron chi connectivity index (χ4n) is 2.15. The molecular formula is C13H11FN2OS. The summed E-state index contributed by atoms with van der Waals surface area (Å²) in [6, 6.07) is 8.55. The van der Waals surface area contributed by atoms with Crippen LogP contribution >= 0.6 is 12.2 Å². The first kappa shape index (κ1) is 11.2. The van der Waals surface area contributed by atoms with Crippen molar-refractivity contribution in [2.24, 2.45) is 0 Å². The van der Waals surface area contributed by atoms with Crippen LogP contribution in [0.5, 0.6) is 0 Å². The number of hydrogen-bond donors (Lipinski definition) is 1. The van der Waals surface area contributed by atoms with Gasteiger partial charge in [-0.1, -0.05) is 6.07 Å². The summed E-state index contributed by atoms with van der Waals surface area (Å²) in [4.78, 5) is 2.90. The smallest absolute Gasteiger partial charge is 0.178 e. The van der Waals surface area contributed by atoms with Gasteiger partial charge in [0.2, 0.25) is 0 Å². The molecule has 3 nitrogen and oxygen atoms in total. The summed E-state index contributed by atoms with van der Waals surface area (Å²) in [5.74, 6) is 0.486. The number of nitrogens with one attached hydrogen (secondary N) is 1. The second-order valence-corrected chi connectivity index (χ2v) is 4.51. The first-order valence-corrected chi connectivity index (χ1v) is 6.01. The molecule has 0 radical (unpaired) electrons. The number of aromatic amines is 1. The van der Waals surface area contributed by atoms with E-state index in [1.54, 1.807) is 12.3 Å². The van der Waals surface area contributed by atoms with Crippen LogP contribution in [0.4, 0.5) is 4.39 Å². The predicted octanol–water partition coefficient (Wildman–Crippen LogP) is 4.04. The van der Waals surface area contributed by atoms with Crippen LogP contribution in [0, 0.1) is 10.6 Å². The zero-order valence-corrected chi connectivity index (χ0v) is 10.5. The first-order valence-electron chi connectivity index (χ1n) is 5.60. The number of aromatic nitrogens is 2. The molecule has 0 saturated heterocycles. The Morgan fingerprint density at radius 1 is 1.33 bits per heavy atom. The van der Waals surface area contributed by atoms with Gasteiger partial charge in [-0.3, -0.25) is 0 Å². The maximum atomic E-state index is 13.7. The normalized spacial score (nSPS) is 13.0. The number of hydrogen-bond acceptors (Lipinski definition) is 2. The molecule has 3 aromatic rings. The Kier molecular flexibility index (Phi) is 2.56. The molecular weight excluding hydrogens is 251 g/mol. The van der Waals surface area contributed by atoms with Crippen LogP contribution in [0.1, 0.15) is 18.7 Å². The van der Waals surface area contributed by atoms with E-state index in [1.165, 1.54) is 6.07 Å². The number of H-pyrrole nitrogens is 1. The van der Waals surface area contributed by atoms with Gasteiger partial charge in [0.05, 0.1) is 17.8 Å². The lowest BCUT2D eigenvalue weighted by molar-refractivity contribution is 0.449. The SMILES string of the molecule is CC(c1ccco1)n1c(=S)[nH]c2c(F)cccc21. The summed E-state index contributed by atoms with van der Waals surface area (Å²) < 4.78 is 21.4. The van der Waals surface area contributed by atoms with Gasteiger partial charge in [-0.15, -0.1) is 0 Å². The summed E-state index contributed by atoms with van der Waals surface area (Å²) in [7, 11) is 0. The lowest BCUT2D eigenvalue weighted by Crippen LogP contribution is -2.05. The van der Waals surface area contributed by atoms with Crippen LogP contribution < -0.4 is 0 Å². The summed E-state index contributed by atoms with van der Waals surface area (Å²) >= 11 is 5.26. The van der Waals surface area contributed by atoms with Crippen molar-refractivity contribution in [3.05, 3.63) is 52.9 Å². The minimum absolute atomic E-state index is 0.0805. The molecule has 0 spiro atoms. The minimum Gasteiger partial charge on any atom is -0.467 e. The number of halogens is 1. The van der Waals surface area contributed by atoms with Crippen LogP contribution in [0.2, 0.25) is 0 Å². The highest BCUT2D eigenvalue weighted by molar-refractivity contribution is 7.71. The van der Waals surface area contributed by atoms with Crippen LogP contribution in [-0.4, -0.2) is 9.55 Å². The molecule has 1 atom stereocenters. The van der Waals surface area contributed by atoms with Crippen molar-refractivity contribution in [1.29, 1.82) is 0 Å². The van der Waals surface area contributed by atoms with E-state index in [4.69, 9.17) is 16.6 Å². The Hall–Kier alpha value is -1.88. The minimum atomic E-state index is -0.302. The molecule has 1 aromatic carbocycles. The van der Waals surface area contributed by atoms with Crippen molar-refractivity contribution in [3.63, 3.8) is 0 Å². The number of nitrogens with zero attached hydrogens (tertiary/aromatic N) is 1. The summed E-state index contributed by atoms with van der Waals surface area (Å²) in [6.45, 7) is 1.97. The van der Waals surface area contributed by atoms with E-state index in [-0.39, 0.29) is 11.9 Å². The van der Waals surface area contributed by atoms with Crippen molar-refractivity contribution in [2.75, 3.05) is 0 Å². The molecule has 0 aliphatic heterocycles. The van der Waals surface area contributed by atoms with Gasteiger partial charge in [-0.05, 0) is 43.4 Å². The quantitative estimate of drug-likeness (QED) is 0.707. The maximum absolute atomic E-state index is 13.7. The van der Waals surface area contributed by atoms with E-state index in [2.05, 4.69) is 4.98 Å². The fraction of sp³-hybridized carbons (Fsp3) is 0.154. The van der Waals surface area contributed by atoms with Gasteiger partial charge < -0.3 is 14.0 Å². The van der Waals surface area contributed by atoms with Gasteiger partial charge >= 0.3 is 0 Å². The van der Waals surface area contributed by atoms with E-state index in [9.17, 15) is 4.39 Å². The average molecular weight is 262 g/mol. The second kappa shape index (κ2) is 4.10. The Morgan fingerprint density at radius 2 is 2.17 bits per heavy atom. The van der Waals surface area contributed by atoms with E-state index >= 15 is 0 Å². The monoisotopic (exact) mass is 262 g/mol. The second-order valence-electron chi connectivity index (χ2n) is 4.13. The van der Waals surface area contributed by atoms with Crippen LogP contribution in [-0.2, 0) is 0 Å². The molecule has 2 aromatic heterocycles. The fourth-order valence-corrected chi connectivity index (χ4v) is 2.51. The molecule has 0 bridgehead atoms. The molecule has 18 heavy (non-hydrogen) atoms. The van der Waals surface area contributed by atoms with Crippen LogP contribution in [0.15, 0.2) is 41.0 Å². The number of rotatable bonds is 2. The lowest BCUT2D eigenvalue weighted by atomic mass is 10.2. The van der Waals surface area contributed by atoms with Crippen molar-refractivity contribution < 1.29 is 8.81 Å². The van der Waals surface area contributed by atoms with Gasteiger partial charge in [0.1, 0.15) is 17.1 Å². The van der Waals surface area contributed by atoms with Gasteiger partial charge in [0.15, 0.2) is 4.77 Å². The van der Waals surface area contributed by atoms with Crippen molar-refractivity contribution in [2.45, 2.75) is 13.0 Å². The van der Waals surface area contributed by atoms with Gasteiger partial charge in [-0.25, -0.2) is 4.39 Å². The number of fused-ring (bicyclic) bond motifs is 1. The van der Waals surface area contributed by atoms with Crippen LogP contribution in [0.25, 0.3) is 11.0 Å². The van der Waals surface area contributed by atoms with Gasteiger partial charge in [-0.2, -0.15) is 0 Å². The molecule has 0 saturated carbocycles. The highest BCUT2D eigenvalue weighted by Gasteiger charge is 2.16. The summed E-state index contributed by atoms with van der Waals surface area (Å²) in [5, 5.41) is 0. The van der Waals surface area contributed by atoms with E-state index in [1.807, 2.05) is 29.7 Å². The Bertz CT molecular complexity index is 742. The first-order chi connectivity index (χ1) is 8.68. The highest BCUT2D eigenvalue weighted by atomic mass is 32.1. The van der Waals surface area contributed by atoms with E-state index in [0.29, 0.717) is 10.3 Å². The Morgan fingerprint density at radius 3 is 2.89 bits per heavy atom. The highest BCUT2D eigenvalue weighted by Crippen LogP contribution is 2.25. The van der Waals surface area contributed by atoms with Crippen molar-refractivity contribution in [3.8, 4) is 0 Å². The molecule has 0 amide bonds. The van der Waals surface area contributed by atoms with E-state index < -0.39 is 0 Å². The van der Waals surface area contributed by atoms with Gasteiger partial charge in [0, 0.05) is 0 Å².